The molecular weight excluding hydrogens is 238 g/mol. The molecule has 0 radical (unpaired) electrons. The van der Waals surface area contributed by atoms with E-state index < -0.39 is 0 Å². The van der Waals surface area contributed by atoms with E-state index in [9.17, 15) is 0 Å². The second-order valence-electron chi connectivity index (χ2n) is 4.48. The third-order valence-electron chi connectivity index (χ3n) is 3.04. The molecule has 0 saturated heterocycles. The molecule has 0 atom stereocenters. The molecule has 2 aromatic rings. The summed E-state index contributed by atoms with van der Waals surface area (Å²) in [6.07, 6.45) is 1.80. The molecule has 0 unspecified atom stereocenters. The van der Waals surface area contributed by atoms with Crippen molar-refractivity contribution in [2.45, 2.75) is 27.3 Å². The minimum atomic E-state index is 0.716. The molecule has 0 spiro atoms. The maximum atomic E-state index is 4.44. The number of pyridine rings is 1. The van der Waals surface area contributed by atoms with Gasteiger partial charge >= 0.3 is 0 Å². The number of nitrogens with zero attached hydrogens (tertiary/aromatic N) is 3. The smallest absolute Gasteiger partial charge is 0.133 e. The zero-order valence-corrected chi connectivity index (χ0v) is 11.8. The van der Waals surface area contributed by atoms with Crippen LogP contribution in [0.15, 0.2) is 18.3 Å². The normalized spacial score (nSPS) is 10.3. The fourth-order valence-corrected chi connectivity index (χ4v) is 1.85. The molecule has 2 N–H and O–H groups in total. The van der Waals surface area contributed by atoms with Gasteiger partial charge in [0.05, 0.1) is 0 Å². The Morgan fingerprint density at radius 2 is 1.95 bits per heavy atom. The molecule has 0 bridgehead atoms. The fourth-order valence-electron chi connectivity index (χ4n) is 1.85. The number of hydrogen-bond acceptors (Lipinski definition) is 5. The Kier molecular flexibility index (Phi) is 3.94. The highest BCUT2D eigenvalue weighted by atomic mass is 15.0. The van der Waals surface area contributed by atoms with Crippen molar-refractivity contribution in [3.8, 4) is 0 Å². The van der Waals surface area contributed by atoms with E-state index in [1.165, 1.54) is 0 Å². The summed E-state index contributed by atoms with van der Waals surface area (Å²) in [6, 6.07) is 4.01. The Balaban J connectivity index is 2.14. The molecule has 0 aliphatic rings. The Labute approximate surface area is 113 Å². The van der Waals surface area contributed by atoms with Crippen LogP contribution in [0.3, 0.4) is 0 Å². The first-order chi connectivity index (χ1) is 9.10. The molecule has 19 heavy (non-hydrogen) atoms. The summed E-state index contributed by atoms with van der Waals surface area (Å²) in [5.41, 5.74) is 3.27. The molecule has 2 heterocycles. The number of nitrogens with one attached hydrogen (secondary N) is 2. The standard InChI is InChI=1S/C14H19N5/c1-9-10(2)18-11(3)19-14(9)17-8-12-5-6-16-13(7-12)15-4/h5-7H,8H2,1-4H3,(H,15,16)(H,17,18,19). The first kappa shape index (κ1) is 13.3. The van der Waals surface area contributed by atoms with Crippen LogP contribution in [0.5, 0.6) is 0 Å². The average Bonchev–Trinajstić information content (AvgIpc) is 2.41. The van der Waals surface area contributed by atoms with Gasteiger partial charge in [0.25, 0.3) is 0 Å². The molecule has 0 fully saturated rings. The predicted molar refractivity (Wildman–Crippen MR) is 77.4 cm³/mol. The molecule has 2 aromatic heterocycles. The van der Waals surface area contributed by atoms with E-state index >= 15 is 0 Å². The maximum absolute atomic E-state index is 4.44. The van der Waals surface area contributed by atoms with Crippen LogP contribution in [0.1, 0.15) is 22.6 Å². The van der Waals surface area contributed by atoms with E-state index in [0.29, 0.717) is 6.54 Å². The summed E-state index contributed by atoms with van der Waals surface area (Å²) in [5.74, 6) is 2.55. The van der Waals surface area contributed by atoms with Crippen LogP contribution in [0.25, 0.3) is 0 Å². The van der Waals surface area contributed by atoms with Crippen molar-refractivity contribution in [2.75, 3.05) is 17.7 Å². The van der Waals surface area contributed by atoms with Crippen molar-refractivity contribution in [3.63, 3.8) is 0 Å². The lowest BCUT2D eigenvalue weighted by Crippen LogP contribution is -2.07. The van der Waals surface area contributed by atoms with Crippen molar-refractivity contribution in [2.24, 2.45) is 0 Å². The third kappa shape index (κ3) is 3.19. The lowest BCUT2D eigenvalue weighted by molar-refractivity contribution is 0.968. The number of hydrogen-bond donors (Lipinski definition) is 2. The van der Waals surface area contributed by atoms with E-state index in [0.717, 1.165) is 34.3 Å². The van der Waals surface area contributed by atoms with E-state index in [1.54, 1.807) is 6.20 Å². The second kappa shape index (κ2) is 5.65. The second-order valence-corrected chi connectivity index (χ2v) is 4.48. The summed E-state index contributed by atoms with van der Waals surface area (Å²) in [4.78, 5) is 13.0. The predicted octanol–water partition coefficient (Wildman–Crippen LogP) is 2.45. The van der Waals surface area contributed by atoms with Gasteiger partial charge in [-0.1, -0.05) is 0 Å². The van der Waals surface area contributed by atoms with Gasteiger partial charge in [-0.2, -0.15) is 0 Å². The Morgan fingerprint density at radius 3 is 2.68 bits per heavy atom. The van der Waals surface area contributed by atoms with E-state index in [-0.39, 0.29) is 0 Å². The summed E-state index contributed by atoms with van der Waals surface area (Å²) >= 11 is 0. The molecule has 100 valence electrons. The maximum Gasteiger partial charge on any atom is 0.133 e. The van der Waals surface area contributed by atoms with Crippen LogP contribution in [0.2, 0.25) is 0 Å². The first-order valence-electron chi connectivity index (χ1n) is 6.28. The lowest BCUT2D eigenvalue weighted by atomic mass is 10.2. The molecule has 0 saturated carbocycles. The first-order valence-corrected chi connectivity index (χ1v) is 6.28. The van der Waals surface area contributed by atoms with Gasteiger partial charge in [0.2, 0.25) is 0 Å². The monoisotopic (exact) mass is 257 g/mol. The number of anilines is 2. The highest BCUT2D eigenvalue weighted by Gasteiger charge is 2.05. The highest BCUT2D eigenvalue weighted by Crippen LogP contribution is 2.16. The van der Waals surface area contributed by atoms with Crippen LogP contribution < -0.4 is 10.6 Å². The Morgan fingerprint density at radius 1 is 1.16 bits per heavy atom. The van der Waals surface area contributed by atoms with Crippen molar-refractivity contribution in [3.05, 3.63) is 41.0 Å². The van der Waals surface area contributed by atoms with E-state index in [1.807, 2.05) is 40.0 Å². The highest BCUT2D eigenvalue weighted by molar-refractivity contribution is 5.46. The Hall–Kier alpha value is -2.17. The molecular formula is C14H19N5. The van der Waals surface area contributed by atoms with Crippen molar-refractivity contribution < 1.29 is 0 Å². The molecule has 0 amide bonds. The van der Waals surface area contributed by atoms with Gasteiger partial charge in [-0.3, -0.25) is 0 Å². The molecule has 0 aromatic carbocycles. The fraction of sp³-hybridized carbons (Fsp3) is 0.357. The molecule has 5 nitrogen and oxygen atoms in total. The zero-order chi connectivity index (χ0) is 13.8. The average molecular weight is 257 g/mol. The summed E-state index contributed by atoms with van der Waals surface area (Å²) in [5, 5.41) is 6.39. The largest absolute Gasteiger partial charge is 0.373 e. The minimum Gasteiger partial charge on any atom is -0.373 e. The van der Waals surface area contributed by atoms with Crippen molar-refractivity contribution >= 4 is 11.6 Å². The number of rotatable bonds is 4. The SMILES string of the molecule is CNc1cc(CNc2nc(C)nc(C)c2C)ccn1. The van der Waals surface area contributed by atoms with E-state index in [4.69, 9.17) is 0 Å². The van der Waals surface area contributed by atoms with Gasteiger partial charge in [0, 0.05) is 31.0 Å². The molecule has 0 aliphatic carbocycles. The van der Waals surface area contributed by atoms with Gasteiger partial charge < -0.3 is 10.6 Å². The van der Waals surface area contributed by atoms with Gasteiger partial charge in [-0.25, -0.2) is 15.0 Å². The number of aryl methyl sites for hydroxylation is 2. The molecule has 5 heteroatoms. The van der Waals surface area contributed by atoms with Crippen LogP contribution >= 0.6 is 0 Å². The summed E-state index contributed by atoms with van der Waals surface area (Å²) in [7, 11) is 1.86. The quantitative estimate of drug-likeness (QED) is 0.881. The van der Waals surface area contributed by atoms with Crippen molar-refractivity contribution in [1.82, 2.24) is 15.0 Å². The van der Waals surface area contributed by atoms with Gasteiger partial charge in [0.1, 0.15) is 17.5 Å². The van der Waals surface area contributed by atoms with Gasteiger partial charge in [0.15, 0.2) is 0 Å². The lowest BCUT2D eigenvalue weighted by Gasteiger charge is -2.11. The zero-order valence-electron chi connectivity index (χ0n) is 11.8. The van der Waals surface area contributed by atoms with Gasteiger partial charge in [-0.15, -0.1) is 0 Å². The number of aromatic nitrogens is 3. The van der Waals surface area contributed by atoms with E-state index in [2.05, 4.69) is 25.6 Å². The Bertz CT molecular complexity index is 580. The molecule has 2 rings (SSSR count). The third-order valence-corrected chi connectivity index (χ3v) is 3.04. The van der Waals surface area contributed by atoms with Crippen LogP contribution in [0, 0.1) is 20.8 Å². The van der Waals surface area contributed by atoms with Crippen LogP contribution in [0.4, 0.5) is 11.6 Å². The van der Waals surface area contributed by atoms with Crippen molar-refractivity contribution in [1.29, 1.82) is 0 Å². The topological polar surface area (TPSA) is 62.7 Å². The summed E-state index contributed by atoms with van der Waals surface area (Å²) in [6.45, 7) is 6.65. The van der Waals surface area contributed by atoms with Crippen LogP contribution in [-0.2, 0) is 6.54 Å². The summed E-state index contributed by atoms with van der Waals surface area (Å²) < 4.78 is 0. The van der Waals surface area contributed by atoms with Crippen LogP contribution in [-0.4, -0.2) is 22.0 Å². The molecule has 0 aliphatic heterocycles. The van der Waals surface area contributed by atoms with Gasteiger partial charge in [-0.05, 0) is 38.5 Å². The minimum absolute atomic E-state index is 0.716.